The standard InChI is InChI=1S/C20H20O4/c1-22-15-5-6-18-14(11-15)4-7-20(21)19(18)10-13-8-16(23-2)12-17(9-13)24-3/h5-6,8-12H,4,7H2,1-3H3/b19-10+. The molecule has 4 nitrogen and oxygen atoms in total. The summed E-state index contributed by atoms with van der Waals surface area (Å²) >= 11 is 0. The molecule has 2 aromatic rings. The van der Waals surface area contributed by atoms with Gasteiger partial charge in [0.25, 0.3) is 0 Å². The normalized spacial score (nSPS) is 15.1. The SMILES string of the molecule is COc1cc(/C=C2/C(=O)CCc3cc(OC)ccc32)cc(OC)c1. The van der Waals surface area contributed by atoms with Crippen LogP contribution in [0.15, 0.2) is 36.4 Å². The quantitative estimate of drug-likeness (QED) is 0.803. The molecule has 124 valence electrons. The van der Waals surface area contributed by atoms with Crippen molar-refractivity contribution >= 4 is 17.4 Å². The summed E-state index contributed by atoms with van der Waals surface area (Å²) in [6, 6.07) is 11.4. The summed E-state index contributed by atoms with van der Waals surface area (Å²) in [4.78, 5) is 12.5. The lowest BCUT2D eigenvalue weighted by Crippen LogP contribution is -2.12. The number of Topliss-reactive ketones (excluding diaryl/α,β-unsaturated/α-hetero) is 1. The van der Waals surface area contributed by atoms with E-state index in [2.05, 4.69) is 0 Å². The Morgan fingerprint density at radius 2 is 1.50 bits per heavy atom. The van der Waals surface area contributed by atoms with Gasteiger partial charge in [0.15, 0.2) is 5.78 Å². The average Bonchev–Trinajstić information content (AvgIpc) is 2.63. The molecule has 0 bridgehead atoms. The summed E-state index contributed by atoms with van der Waals surface area (Å²) in [7, 11) is 4.87. The molecule has 0 saturated heterocycles. The van der Waals surface area contributed by atoms with Gasteiger partial charge in [-0.3, -0.25) is 4.79 Å². The highest BCUT2D eigenvalue weighted by Crippen LogP contribution is 2.33. The van der Waals surface area contributed by atoms with E-state index in [4.69, 9.17) is 14.2 Å². The minimum atomic E-state index is 0.148. The molecule has 0 saturated carbocycles. The van der Waals surface area contributed by atoms with Crippen molar-refractivity contribution in [3.63, 3.8) is 0 Å². The maximum absolute atomic E-state index is 12.5. The molecular formula is C20H20O4. The Kier molecular flexibility index (Phi) is 4.56. The molecule has 3 rings (SSSR count). The minimum Gasteiger partial charge on any atom is -0.497 e. The molecule has 1 aliphatic rings. The smallest absolute Gasteiger partial charge is 0.163 e. The van der Waals surface area contributed by atoms with E-state index in [1.54, 1.807) is 21.3 Å². The molecule has 0 aromatic heterocycles. The van der Waals surface area contributed by atoms with Crippen molar-refractivity contribution in [1.29, 1.82) is 0 Å². The Bertz CT molecular complexity index is 783. The highest BCUT2D eigenvalue weighted by molar-refractivity contribution is 6.26. The zero-order valence-electron chi connectivity index (χ0n) is 14.1. The van der Waals surface area contributed by atoms with Crippen LogP contribution >= 0.6 is 0 Å². The van der Waals surface area contributed by atoms with Gasteiger partial charge in [0.05, 0.1) is 21.3 Å². The first-order valence-electron chi connectivity index (χ1n) is 7.80. The molecular weight excluding hydrogens is 304 g/mol. The highest BCUT2D eigenvalue weighted by Gasteiger charge is 2.22. The molecule has 0 N–H and O–H groups in total. The minimum absolute atomic E-state index is 0.148. The zero-order valence-corrected chi connectivity index (χ0v) is 14.1. The highest BCUT2D eigenvalue weighted by atomic mass is 16.5. The number of fused-ring (bicyclic) bond motifs is 1. The lowest BCUT2D eigenvalue weighted by molar-refractivity contribution is -0.113. The first-order valence-corrected chi connectivity index (χ1v) is 7.80. The summed E-state index contributed by atoms with van der Waals surface area (Å²) in [5, 5.41) is 0. The number of ether oxygens (including phenoxy) is 3. The Labute approximate surface area is 141 Å². The second kappa shape index (κ2) is 6.79. The van der Waals surface area contributed by atoms with Gasteiger partial charge in [0.2, 0.25) is 0 Å². The number of carbonyl (C=O) groups excluding carboxylic acids is 1. The fraction of sp³-hybridized carbons (Fsp3) is 0.250. The molecule has 0 atom stereocenters. The van der Waals surface area contributed by atoms with Gasteiger partial charge in [-0.15, -0.1) is 0 Å². The van der Waals surface area contributed by atoms with E-state index in [1.807, 2.05) is 42.5 Å². The Morgan fingerprint density at radius 1 is 0.833 bits per heavy atom. The maximum Gasteiger partial charge on any atom is 0.163 e. The Hall–Kier alpha value is -2.75. The lowest BCUT2D eigenvalue weighted by atomic mass is 9.85. The molecule has 0 amide bonds. The molecule has 0 aliphatic heterocycles. The fourth-order valence-electron chi connectivity index (χ4n) is 2.94. The van der Waals surface area contributed by atoms with Crippen molar-refractivity contribution in [3.8, 4) is 17.2 Å². The van der Waals surface area contributed by atoms with Gasteiger partial charge in [-0.05, 0) is 53.5 Å². The van der Waals surface area contributed by atoms with E-state index < -0.39 is 0 Å². The second-order valence-electron chi connectivity index (χ2n) is 5.65. The van der Waals surface area contributed by atoms with Crippen molar-refractivity contribution in [2.45, 2.75) is 12.8 Å². The summed E-state index contributed by atoms with van der Waals surface area (Å²) in [6.45, 7) is 0. The van der Waals surface area contributed by atoms with E-state index in [1.165, 1.54) is 0 Å². The van der Waals surface area contributed by atoms with Crippen molar-refractivity contribution in [2.75, 3.05) is 21.3 Å². The van der Waals surface area contributed by atoms with Crippen LogP contribution in [0, 0.1) is 0 Å². The van der Waals surface area contributed by atoms with Crippen molar-refractivity contribution < 1.29 is 19.0 Å². The molecule has 1 aliphatic carbocycles. The summed E-state index contributed by atoms with van der Waals surface area (Å²) < 4.78 is 15.9. The monoisotopic (exact) mass is 324 g/mol. The van der Waals surface area contributed by atoms with Crippen LogP contribution in [-0.2, 0) is 11.2 Å². The van der Waals surface area contributed by atoms with Crippen LogP contribution in [0.4, 0.5) is 0 Å². The number of aryl methyl sites for hydroxylation is 1. The topological polar surface area (TPSA) is 44.8 Å². The molecule has 0 fully saturated rings. The zero-order chi connectivity index (χ0) is 17.1. The van der Waals surface area contributed by atoms with Gasteiger partial charge < -0.3 is 14.2 Å². The molecule has 0 unspecified atom stereocenters. The third kappa shape index (κ3) is 3.13. The summed E-state index contributed by atoms with van der Waals surface area (Å²) in [5.41, 5.74) is 3.69. The van der Waals surface area contributed by atoms with Gasteiger partial charge in [0.1, 0.15) is 17.2 Å². The van der Waals surface area contributed by atoms with Crippen LogP contribution in [0.25, 0.3) is 11.6 Å². The predicted molar refractivity (Wildman–Crippen MR) is 93.7 cm³/mol. The number of hydrogen-bond acceptors (Lipinski definition) is 4. The van der Waals surface area contributed by atoms with E-state index in [-0.39, 0.29) is 5.78 Å². The molecule has 4 heteroatoms. The number of benzene rings is 2. The van der Waals surface area contributed by atoms with Crippen molar-refractivity contribution in [2.24, 2.45) is 0 Å². The van der Waals surface area contributed by atoms with Gasteiger partial charge in [-0.2, -0.15) is 0 Å². The maximum atomic E-state index is 12.5. The number of rotatable bonds is 4. The average molecular weight is 324 g/mol. The van der Waals surface area contributed by atoms with Crippen LogP contribution < -0.4 is 14.2 Å². The molecule has 2 aromatic carbocycles. The van der Waals surface area contributed by atoms with Crippen LogP contribution in [0.3, 0.4) is 0 Å². The summed E-state index contributed by atoms with van der Waals surface area (Å²) in [5.74, 6) is 2.35. The molecule has 0 spiro atoms. The number of carbonyl (C=O) groups is 1. The van der Waals surface area contributed by atoms with Crippen LogP contribution in [0.5, 0.6) is 17.2 Å². The van der Waals surface area contributed by atoms with Gasteiger partial charge in [-0.1, -0.05) is 6.07 Å². The van der Waals surface area contributed by atoms with E-state index >= 15 is 0 Å². The predicted octanol–water partition coefficient (Wildman–Crippen LogP) is 3.77. The Balaban J connectivity index is 2.09. The lowest BCUT2D eigenvalue weighted by Gasteiger charge is -2.19. The van der Waals surface area contributed by atoms with Crippen molar-refractivity contribution in [1.82, 2.24) is 0 Å². The van der Waals surface area contributed by atoms with E-state index in [9.17, 15) is 4.79 Å². The third-order valence-corrected chi connectivity index (χ3v) is 4.21. The molecule has 0 radical (unpaired) electrons. The Morgan fingerprint density at radius 3 is 2.12 bits per heavy atom. The second-order valence-corrected chi connectivity index (χ2v) is 5.65. The third-order valence-electron chi connectivity index (χ3n) is 4.21. The van der Waals surface area contributed by atoms with E-state index in [0.717, 1.165) is 28.9 Å². The first kappa shape index (κ1) is 16.1. The summed E-state index contributed by atoms with van der Waals surface area (Å²) in [6.07, 6.45) is 3.15. The largest absolute Gasteiger partial charge is 0.497 e. The number of allylic oxidation sites excluding steroid dienone is 1. The van der Waals surface area contributed by atoms with Gasteiger partial charge >= 0.3 is 0 Å². The van der Waals surface area contributed by atoms with Crippen LogP contribution in [0.2, 0.25) is 0 Å². The first-order chi connectivity index (χ1) is 11.6. The molecule has 0 heterocycles. The number of methoxy groups -OCH3 is 3. The van der Waals surface area contributed by atoms with Gasteiger partial charge in [-0.25, -0.2) is 0 Å². The van der Waals surface area contributed by atoms with Crippen molar-refractivity contribution in [3.05, 3.63) is 53.1 Å². The van der Waals surface area contributed by atoms with Gasteiger partial charge in [0, 0.05) is 18.1 Å². The number of hydrogen-bond donors (Lipinski definition) is 0. The van der Waals surface area contributed by atoms with Crippen LogP contribution in [-0.4, -0.2) is 27.1 Å². The van der Waals surface area contributed by atoms with E-state index in [0.29, 0.717) is 23.5 Å². The van der Waals surface area contributed by atoms with Crippen LogP contribution in [0.1, 0.15) is 23.1 Å². The fourth-order valence-corrected chi connectivity index (χ4v) is 2.94. The molecule has 24 heavy (non-hydrogen) atoms. The number of ketones is 1.